The SMILES string of the molecule is NC1CC(O)c2cc(Br)ccc21. The first-order valence-electron chi connectivity index (χ1n) is 3.91. The molecule has 0 spiro atoms. The molecule has 3 N–H and O–H groups in total. The van der Waals surface area contributed by atoms with E-state index in [0.29, 0.717) is 6.42 Å². The number of benzene rings is 1. The van der Waals surface area contributed by atoms with E-state index >= 15 is 0 Å². The summed E-state index contributed by atoms with van der Waals surface area (Å²) in [6.45, 7) is 0. The zero-order chi connectivity index (χ0) is 8.72. The number of rotatable bonds is 0. The largest absolute Gasteiger partial charge is 0.388 e. The van der Waals surface area contributed by atoms with Crippen LogP contribution in [0.5, 0.6) is 0 Å². The first kappa shape index (κ1) is 8.23. The molecule has 1 aromatic rings. The smallest absolute Gasteiger partial charge is 0.0811 e. The van der Waals surface area contributed by atoms with Crippen LogP contribution in [0, 0.1) is 0 Å². The van der Waals surface area contributed by atoms with E-state index in [9.17, 15) is 5.11 Å². The molecular formula is C9H10BrNO. The van der Waals surface area contributed by atoms with Gasteiger partial charge in [0, 0.05) is 10.5 Å². The van der Waals surface area contributed by atoms with Gasteiger partial charge in [-0.05, 0) is 29.7 Å². The second-order valence-corrected chi connectivity index (χ2v) is 4.05. The molecule has 1 aromatic carbocycles. The van der Waals surface area contributed by atoms with Gasteiger partial charge in [-0.1, -0.05) is 22.0 Å². The minimum Gasteiger partial charge on any atom is -0.388 e. The molecule has 0 fully saturated rings. The Hall–Kier alpha value is -0.380. The topological polar surface area (TPSA) is 46.2 Å². The molecule has 0 radical (unpaired) electrons. The first-order valence-corrected chi connectivity index (χ1v) is 4.71. The Balaban J connectivity index is 2.53. The van der Waals surface area contributed by atoms with E-state index in [-0.39, 0.29) is 12.1 Å². The lowest BCUT2D eigenvalue weighted by Crippen LogP contribution is -2.05. The molecule has 0 saturated carbocycles. The molecule has 0 heterocycles. The fraction of sp³-hybridized carbons (Fsp3) is 0.333. The molecule has 2 atom stereocenters. The maximum Gasteiger partial charge on any atom is 0.0811 e. The third kappa shape index (κ3) is 1.18. The number of halogens is 1. The van der Waals surface area contributed by atoms with Gasteiger partial charge in [0.25, 0.3) is 0 Å². The second kappa shape index (κ2) is 2.83. The average molecular weight is 228 g/mol. The van der Waals surface area contributed by atoms with Crippen molar-refractivity contribution in [2.24, 2.45) is 5.73 Å². The first-order chi connectivity index (χ1) is 5.68. The summed E-state index contributed by atoms with van der Waals surface area (Å²) in [6.07, 6.45) is 0.263. The van der Waals surface area contributed by atoms with E-state index in [4.69, 9.17) is 5.73 Å². The van der Waals surface area contributed by atoms with Crippen LogP contribution in [0.25, 0.3) is 0 Å². The van der Waals surface area contributed by atoms with Gasteiger partial charge in [0.1, 0.15) is 0 Å². The van der Waals surface area contributed by atoms with Crippen LogP contribution in [-0.4, -0.2) is 5.11 Å². The minimum atomic E-state index is -0.382. The van der Waals surface area contributed by atoms with Crippen LogP contribution in [-0.2, 0) is 0 Å². The zero-order valence-electron chi connectivity index (χ0n) is 6.50. The maximum absolute atomic E-state index is 9.58. The van der Waals surface area contributed by atoms with E-state index in [2.05, 4.69) is 15.9 Å². The highest BCUT2D eigenvalue weighted by Crippen LogP contribution is 2.38. The van der Waals surface area contributed by atoms with Crippen LogP contribution in [0.2, 0.25) is 0 Å². The van der Waals surface area contributed by atoms with E-state index < -0.39 is 0 Å². The molecule has 2 unspecified atom stereocenters. The molecule has 0 aromatic heterocycles. The zero-order valence-corrected chi connectivity index (χ0v) is 8.08. The summed E-state index contributed by atoms with van der Waals surface area (Å²) in [5.74, 6) is 0. The number of hydrogen-bond donors (Lipinski definition) is 2. The lowest BCUT2D eigenvalue weighted by Gasteiger charge is -2.03. The van der Waals surface area contributed by atoms with Crippen molar-refractivity contribution in [3.05, 3.63) is 33.8 Å². The number of nitrogens with two attached hydrogens (primary N) is 1. The molecule has 0 bridgehead atoms. The van der Waals surface area contributed by atoms with Crippen molar-refractivity contribution in [2.75, 3.05) is 0 Å². The standard InChI is InChI=1S/C9H10BrNO/c10-5-1-2-6-7(3-5)9(12)4-8(6)11/h1-3,8-9,12H,4,11H2. The van der Waals surface area contributed by atoms with Crippen molar-refractivity contribution in [3.63, 3.8) is 0 Å². The van der Waals surface area contributed by atoms with Crippen molar-refractivity contribution in [3.8, 4) is 0 Å². The van der Waals surface area contributed by atoms with Crippen LogP contribution in [0.4, 0.5) is 0 Å². The lowest BCUT2D eigenvalue weighted by molar-refractivity contribution is 0.173. The van der Waals surface area contributed by atoms with Crippen molar-refractivity contribution in [1.29, 1.82) is 0 Å². The summed E-state index contributed by atoms with van der Waals surface area (Å²) in [5, 5.41) is 9.58. The summed E-state index contributed by atoms with van der Waals surface area (Å²) in [4.78, 5) is 0. The maximum atomic E-state index is 9.58. The van der Waals surface area contributed by atoms with Crippen LogP contribution >= 0.6 is 15.9 Å². The van der Waals surface area contributed by atoms with Gasteiger partial charge < -0.3 is 10.8 Å². The molecule has 1 aliphatic rings. The molecular weight excluding hydrogens is 218 g/mol. The Morgan fingerprint density at radius 1 is 1.42 bits per heavy atom. The van der Waals surface area contributed by atoms with Gasteiger partial charge in [-0.3, -0.25) is 0 Å². The molecule has 0 amide bonds. The summed E-state index contributed by atoms with van der Waals surface area (Å²) >= 11 is 3.36. The summed E-state index contributed by atoms with van der Waals surface area (Å²) < 4.78 is 0.995. The molecule has 3 heteroatoms. The van der Waals surface area contributed by atoms with Crippen LogP contribution in [0.1, 0.15) is 29.7 Å². The fourth-order valence-electron chi connectivity index (χ4n) is 1.67. The molecule has 12 heavy (non-hydrogen) atoms. The van der Waals surface area contributed by atoms with Crippen molar-refractivity contribution >= 4 is 15.9 Å². The predicted octanol–water partition coefficient (Wildman–Crippen LogP) is 1.89. The Kier molecular flexibility index (Phi) is 1.94. The fourth-order valence-corrected chi connectivity index (χ4v) is 2.05. The Morgan fingerprint density at radius 3 is 2.92 bits per heavy atom. The molecule has 0 aliphatic heterocycles. The van der Waals surface area contributed by atoms with Gasteiger partial charge in [-0.25, -0.2) is 0 Å². The summed E-state index contributed by atoms with van der Waals surface area (Å²) in [7, 11) is 0. The summed E-state index contributed by atoms with van der Waals surface area (Å²) in [6, 6.07) is 5.87. The third-order valence-corrected chi connectivity index (χ3v) is 2.78. The highest BCUT2D eigenvalue weighted by Gasteiger charge is 2.26. The van der Waals surface area contributed by atoms with E-state index in [1.54, 1.807) is 0 Å². The quantitative estimate of drug-likeness (QED) is 0.712. The number of hydrogen-bond acceptors (Lipinski definition) is 2. The molecule has 64 valence electrons. The van der Waals surface area contributed by atoms with E-state index in [0.717, 1.165) is 15.6 Å². The summed E-state index contributed by atoms with van der Waals surface area (Å²) in [5.41, 5.74) is 7.86. The van der Waals surface area contributed by atoms with Gasteiger partial charge in [0.2, 0.25) is 0 Å². The number of aliphatic hydroxyl groups is 1. The van der Waals surface area contributed by atoms with Gasteiger partial charge >= 0.3 is 0 Å². The number of fused-ring (bicyclic) bond motifs is 1. The average Bonchev–Trinajstić information content (AvgIpc) is 2.28. The Bertz CT molecular complexity index is 313. The van der Waals surface area contributed by atoms with Crippen LogP contribution < -0.4 is 5.73 Å². The predicted molar refractivity (Wildman–Crippen MR) is 50.6 cm³/mol. The Labute approximate surface area is 79.5 Å². The Morgan fingerprint density at radius 2 is 2.17 bits per heavy atom. The third-order valence-electron chi connectivity index (χ3n) is 2.28. The van der Waals surface area contributed by atoms with Crippen LogP contribution in [0.15, 0.2) is 22.7 Å². The van der Waals surface area contributed by atoms with Crippen molar-refractivity contribution in [2.45, 2.75) is 18.6 Å². The van der Waals surface area contributed by atoms with Crippen molar-refractivity contribution < 1.29 is 5.11 Å². The lowest BCUT2D eigenvalue weighted by atomic mass is 10.1. The highest BCUT2D eigenvalue weighted by atomic mass is 79.9. The van der Waals surface area contributed by atoms with Gasteiger partial charge in [0.15, 0.2) is 0 Å². The molecule has 0 saturated heterocycles. The van der Waals surface area contributed by atoms with E-state index in [1.165, 1.54) is 0 Å². The van der Waals surface area contributed by atoms with E-state index in [1.807, 2.05) is 18.2 Å². The molecule has 2 rings (SSSR count). The molecule has 2 nitrogen and oxygen atoms in total. The monoisotopic (exact) mass is 227 g/mol. The highest BCUT2D eigenvalue weighted by molar-refractivity contribution is 9.10. The van der Waals surface area contributed by atoms with Gasteiger partial charge in [0.05, 0.1) is 6.10 Å². The number of aliphatic hydroxyl groups excluding tert-OH is 1. The normalized spacial score (nSPS) is 27.2. The van der Waals surface area contributed by atoms with Crippen LogP contribution in [0.3, 0.4) is 0 Å². The minimum absolute atomic E-state index is 0.00287. The van der Waals surface area contributed by atoms with Crippen molar-refractivity contribution in [1.82, 2.24) is 0 Å². The second-order valence-electron chi connectivity index (χ2n) is 3.13. The van der Waals surface area contributed by atoms with Gasteiger partial charge in [-0.15, -0.1) is 0 Å². The molecule has 1 aliphatic carbocycles. The van der Waals surface area contributed by atoms with Gasteiger partial charge in [-0.2, -0.15) is 0 Å².